The van der Waals surface area contributed by atoms with E-state index in [4.69, 9.17) is 0 Å². The van der Waals surface area contributed by atoms with E-state index in [1.165, 1.54) is 12.1 Å². The van der Waals surface area contributed by atoms with Gasteiger partial charge in [-0.25, -0.2) is 4.39 Å². The molecular formula is C23H18FNO. The summed E-state index contributed by atoms with van der Waals surface area (Å²) in [7, 11) is 0. The Morgan fingerprint density at radius 3 is 2.31 bits per heavy atom. The van der Waals surface area contributed by atoms with Gasteiger partial charge >= 0.3 is 0 Å². The highest BCUT2D eigenvalue weighted by Crippen LogP contribution is 2.29. The molecule has 26 heavy (non-hydrogen) atoms. The summed E-state index contributed by atoms with van der Waals surface area (Å²) in [6.07, 6.45) is 1.87. The van der Waals surface area contributed by atoms with Crippen LogP contribution in [0.2, 0.25) is 0 Å². The molecule has 3 aromatic rings. The van der Waals surface area contributed by atoms with Crippen molar-refractivity contribution in [1.82, 2.24) is 4.90 Å². The van der Waals surface area contributed by atoms with Gasteiger partial charge in [0, 0.05) is 18.7 Å². The van der Waals surface area contributed by atoms with E-state index in [1.807, 2.05) is 66.7 Å². The molecule has 0 atom stereocenters. The molecule has 0 radical (unpaired) electrons. The Morgan fingerprint density at radius 1 is 0.885 bits per heavy atom. The molecule has 3 aromatic carbocycles. The Balaban J connectivity index is 1.79. The molecule has 0 saturated carbocycles. The first-order chi connectivity index (χ1) is 12.7. The van der Waals surface area contributed by atoms with Gasteiger partial charge in [-0.05, 0) is 40.5 Å². The first kappa shape index (κ1) is 16.3. The number of hydrogen-bond donors (Lipinski definition) is 0. The van der Waals surface area contributed by atoms with Crippen molar-refractivity contribution in [2.75, 3.05) is 0 Å². The minimum atomic E-state index is -0.285. The van der Waals surface area contributed by atoms with Crippen LogP contribution in [-0.4, -0.2) is 10.8 Å². The molecule has 2 nitrogen and oxygen atoms in total. The molecule has 0 unspecified atom stereocenters. The molecule has 0 aromatic heterocycles. The summed E-state index contributed by atoms with van der Waals surface area (Å²) in [6.45, 7) is 0.869. The maximum absolute atomic E-state index is 13.8. The van der Waals surface area contributed by atoms with Crippen LogP contribution in [0.5, 0.6) is 0 Å². The number of nitrogens with zero attached hydrogens (tertiary/aromatic N) is 1. The van der Waals surface area contributed by atoms with Crippen molar-refractivity contribution in [2.45, 2.75) is 13.1 Å². The van der Waals surface area contributed by atoms with E-state index < -0.39 is 0 Å². The first-order valence-electron chi connectivity index (χ1n) is 8.59. The molecule has 4 rings (SSSR count). The second kappa shape index (κ2) is 6.96. The zero-order valence-electron chi connectivity index (χ0n) is 14.2. The summed E-state index contributed by atoms with van der Waals surface area (Å²) >= 11 is 0. The van der Waals surface area contributed by atoms with Crippen LogP contribution in [0.4, 0.5) is 4.39 Å². The highest BCUT2D eigenvalue weighted by atomic mass is 19.1. The summed E-state index contributed by atoms with van der Waals surface area (Å²) < 4.78 is 13.8. The van der Waals surface area contributed by atoms with E-state index in [9.17, 15) is 9.18 Å². The molecular weight excluding hydrogens is 325 g/mol. The number of carbonyl (C=O) groups is 1. The van der Waals surface area contributed by atoms with Gasteiger partial charge in [0.25, 0.3) is 5.91 Å². The van der Waals surface area contributed by atoms with Gasteiger partial charge in [-0.1, -0.05) is 66.7 Å². The van der Waals surface area contributed by atoms with Gasteiger partial charge in [-0.3, -0.25) is 4.79 Å². The largest absolute Gasteiger partial charge is 0.330 e. The van der Waals surface area contributed by atoms with Crippen LogP contribution in [0.3, 0.4) is 0 Å². The third kappa shape index (κ3) is 3.29. The molecule has 1 amide bonds. The zero-order valence-corrected chi connectivity index (χ0v) is 14.2. The number of amides is 1. The number of hydrogen-bond acceptors (Lipinski definition) is 1. The van der Waals surface area contributed by atoms with Crippen molar-refractivity contribution in [3.8, 4) is 0 Å². The average molecular weight is 343 g/mol. The fourth-order valence-corrected chi connectivity index (χ4v) is 3.27. The number of carbonyl (C=O) groups excluding carboxylic acids is 1. The van der Waals surface area contributed by atoms with Crippen molar-refractivity contribution >= 4 is 17.6 Å². The Bertz CT molecular complexity index is 964. The first-order valence-corrected chi connectivity index (χ1v) is 8.59. The van der Waals surface area contributed by atoms with Crippen molar-refractivity contribution in [1.29, 1.82) is 0 Å². The molecule has 0 N–H and O–H groups in total. The summed E-state index contributed by atoms with van der Waals surface area (Å²) in [4.78, 5) is 15.0. The Hall–Kier alpha value is -3.20. The van der Waals surface area contributed by atoms with Gasteiger partial charge < -0.3 is 4.90 Å². The average Bonchev–Trinajstić information content (AvgIpc) is 2.80. The lowest BCUT2D eigenvalue weighted by atomic mass is 10.0. The van der Waals surface area contributed by atoms with Gasteiger partial charge in [0.15, 0.2) is 0 Å². The SMILES string of the molecule is O=C1C(c2ccccc2)=Cc2ccc(F)cc2CN1Cc1ccccc1. The minimum Gasteiger partial charge on any atom is -0.330 e. The number of rotatable bonds is 3. The Labute approximate surface area is 152 Å². The number of benzene rings is 3. The van der Waals surface area contributed by atoms with Crippen molar-refractivity contribution in [3.63, 3.8) is 0 Å². The summed E-state index contributed by atoms with van der Waals surface area (Å²) in [5, 5.41) is 0. The zero-order chi connectivity index (χ0) is 17.9. The van der Waals surface area contributed by atoms with Crippen LogP contribution in [0.25, 0.3) is 11.6 Å². The van der Waals surface area contributed by atoms with Gasteiger partial charge in [0.2, 0.25) is 0 Å². The molecule has 0 aliphatic carbocycles. The monoisotopic (exact) mass is 343 g/mol. The summed E-state index contributed by atoms with van der Waals surface area (Å²) in [6, 6.07) is 24.2. The van der Waals surface area contributed by atoms with Crippen LogP contribution in [-0.2, 0) is 17.9 Å². The van der Waals surface area contributed by atoms with Gasteiger partial charge in [-0.2, -0.15) is 0 Å². The maximum Gasteiger partial charge on any atom is 0.255 e. The fourth-order valence-electron chi connectivity index (χ4n) is 3.27. The Morgan fingerprint density at radius 2 is 1.58 bits per heavy atom. The third-order valence-electron chi connectivity index (χ3n) is 4.58. The van der Waals surface area contributed by atoms with Crippen molar-refractivity contribution in [3.05, 3.63) is 107 Å². The van der Waals surface area contributed by atoms with Crippen LogP contribution in [0, 0.1) is 5.82 Å². The van der Waals surface area contributed by atoms with Crippen LogP contribution in [0.15, 0.2) is 78.9 Å². The van der Waals surface area contributed by atoms with E-state index >= 15 is 0 Å². The van der Waals surface area contributed by atoms with E-state index in [0.717, 1.165) is 22.3 Å². The second-order valence-corrected chi connectivity index (χ2v) is 6.41. The predicted octanol–water partition coefficient (Wildman–Crippen LogP) is 4.91. The summed E-state index contributed by atoms with van der Waals surface area (Å²) in [5.74, 6) is -0.330. The topological polar surface area (TPSA) is 20.3 Å². The lowest BCUT2D eigenvalue weighted by Crippen LogP contribution is -2.29. The fraction of sp³-hybridized carbons (Fsp3) is 0.0870. The molecule has 0 bridgehead atoms. The quantitative estimate of drug-likeness (QED) is 0.662. The number of halogens is 1. The second-order valence-electron chi connectivity index (χ2n) is 6.41. The summed E-state index contributed by atoms with van der Waals surface area (Å²) in [5.41, 5.74) is 4.25. The van der Waals surface area contributed by atoms with Crippen LogP contribution >= 0.6 is 0 Å². The highest BCUT2D eigenvalue weighted by Gasteiger charge is 2.24. The molecule has 128 valence electrons. The number of fused-ring (bicyclic) bond motifs is 1. The molecule has 0 fully saturated rings. The molecule has 3 heteroatoms. The maximum atomic E-state index is 13.8. The molecule has 0 spiro atoms. The molecule has 0 saturated heterocycles. The van der Waals surface area contributed by atoms with Crippen LogP contribution < -0.4 is 0 Å². The minimum absolute atomic E-state index is 0.0448. The molecule has 1 aliphatic rings. The van der Waals surface area contributed by atoms with Gasteiger partial charge in [-0.15, -0.1) is 0 Å². The van der Waals surface area contributed by atoms with E-state index in [2.05, 4.69) is 0 Å². The third-order valence-corrected chi connectivity index (χ3v) is 4.58. The van der Waals surface area contributed by atoms with Gasteiger partial charge in [0.05, 0.1) is 0 Å². The van der Waals surface area contributed by atoms with Crippen molar-refractivity contribution in [2.24, 2.45) is 0 Å². The van der Waals surface area contributed by atoms with E-state index in [0.29, 0.717) is 18.7 Å². The molecule has 1 heterocycles. The predicted molar refractivity (Wildman–Crippen MR) is 101 cm³/mol. The van der Waals surface area contributed by atoms with Gasteiger partial charge in [0.1, 0.15) is 5.82 Å². The Kier molecular flexibility index (Phi) is 4.36. The standard InChI is InChI=1S/C23H18FNO/c24-21-12-11-19-14-22(18-9-5-2-6-10-18)23(26)25(16-20(19)13-21)15-17-7-3-1-4-8-17/h1-14H,15-16H2. The smallest absolute Gasteiger partial charge is 0.255 e. The van der Waals surface area contributed by atoms with Crippen LogP contribution in [0.1, 0.15) is 22.3 Å². The normalized spacial score (nSPS) is 13.8. The highest BCUT2D eigenvalue weighted by molar-refractivity contribution is 6.24. The lowest BCUT2D eigenvalue weighted by molar-refractivity contribution is -0.126. The molecule has 1 aliphatic heterocycles. The van der Waals surface area contributed by atoms with Crippen molar-refractivity contribution < 1.29 is 9.18 Å². The van der Waals surface area contributed by atoms with E-state index in [-0.39, 0.29) is 11.7 Å². The van der Waals surface area contributed by atoms with E-state index in [1.54, 1.807) is 11.0 Å². The lowest BCUT2D eigenvalue weighted by Gasteiger charge is -2.23.